The third kappa shape index (κ3) is 1.69. The van der Waals surface area contributed by atoms with Crippen LogP contribution >= 0.6 is 0 Å². The largest absolute Gasteiger partial charge is 0.493 e. The van der Waals surface area contributed by atoms with Crippen LogP contribution in [-0.4, -0.2) is 19.5 Å². The molecule has 80 valence electrons. The fraction of sp³-hybridized carbons (Fsp3) is 0.417. The topological polar surface area (TPSA) is 35.5 Å². The number of fused-ring (bicyclic) bond motifs is 1. The van der Waals surface area contributed by atoms with Crippen LogP contribution in [0.2, 0.25) is 0 Å². The summed E-state index contributed by atoms with van der Waals surface area (Å²) < 4.78 is 11.0. The summed E-state index contributed by atoms with van der Waals surface area (Å²) in [5.74, 6) is 1.52. The van der Waals surface area contributed by atoms with Crippen LogP contribution < -0.4 is 9.47 Å². The lowest BCUT2D eigenvalue weighted by Crippen LogP contribution is -2.05. The van der Waals surface area contributed by atoms with Crippen LogP contribution in [0.4, 0.5) is 0 Å². The fourth-order valence-electron chi connectivity index (χ4n) is 1.96. The van der Waals surface area contributed by atoms with Crippen molar-refractivity contribution in [1.29, 1.82) is 0 Å². The highest BCUT2D eigenvalue weighted by Crippen LogP contribution is 2.40. The first kappa shape index (κ1) is 10.0. The maximum absolute atomic E-state index is 10.5. The van der Waals surface area contributed by atoms with Gasteiger partial charge >= 0.3 is 0 Å². The van der Waals surface area contributed by atoms with Crippen molar-refractivity contribution in [3.63, 3.8) is 0 Å². The van der Waals surface area contributed by atoms with Crippen LogP contribution in [0, 0.1) is 0 Å². The number of carbonyl (C=O) groups is 1. The molecule has 0 N–H and O–H groups in total. The molecule has 2 rings (SSSR count). The van der Waals surface area contributed by atoms with Crippen molar-refractivity contribution in [3.05, 3.63) is 23.3 Å². The average molecular weight is 206 g/mol. The van der Waals surface area contributed by atoms with E-state index < -0.39 is 0 Å². The van der Waals surface area contributed by atoms with Crippen LogP contribution in [0.5, 0.6) is 11.5 Å². The molecule has 3 nitrogen and oxygen atoms in total. The van der Waals surface area contributed by atoms with Gasteiger partial charge in [-0.25, -0.2) is 0 Å². The normalized spacial score (nSPS) is 18.1. The number of hydrogen-bond donors (Lipinski definition) is 0. The van der Waals surface area contributed by atoms with Crippen molar-refractivity contribution in [2.45, 2.75) is 25.9 Å². The SMILES string of the molecule is COc1c(CC=O)ccc2c1OC(C)C2. The highest BCUT2D eigenvalue weighted by Gasteiger charge is 2.24. The number of rotatable bonds is 3. The maximum Gasteiger partial charge on any atom is 0.165 e. The van der Waals surface area contributed by atoms with Crippen LogP contribution in [-0.2, 0) is 17.6 Å². The molecular weight excluding hydrogens is 192 g/mol. The molecule has 0 aliphatic carbocycles. The molecule has 1 aliphatic rings. The van der Waals surface area contributed by atoms with E-state index in [0.717, 1.165) is 29.6 Å². The van der Waals surface area contributed by atoms with Gasteiger partial charge in [0.05, 0.1) is 7.11 Å². The van der Waals surface area contributed by atoms with Crippen molar-refractivity contribution in [3.8, 4) is 11.5 Å². The Balaban J connectivity index is 2.45. The van der Waals surface area contributed by atoms with Gasteiger partial charge in [0.25, 0.3) is 0 Å². The molecule has 1 unspecified atom stereocenters. The van der Waals surface area contributed by atoms with Crippen LogP contribution in [0.15, 0.2) is 12.1 Å². The van der Waals surface area contributed by atoms with Crippen LogP contribution in [0.3, 0.4) is 0 Å². The minimum atomic E-state index is 0.195. The molecule has 15 heavy (non-hydrogen) atoms. The molecule has 1 aromatic carbocycles. The number of benzene rings is 1. The first-order valence-corrected chi connectivity index (χ1v) is 5.05. The zero-order chi connectivity index (χ0) is 10.8. The van der Waals surface area contributed by atoms with Gasteiger partial charge in [0.15, 0.2) is 11.5 Å². The Morgan fingerprint density at radius 2 is 2.40 bits per heavy atom. The third-order valence-electron chi connectivity index (χ3n) is 2.61. The first-order chi connectivity index (χ1) is 7.26. The van der Waals surface area contributed by atoms with Crippen molar-refractivity contribution >= 4 is 6.29 Å². The Bertz CT molecular complexity index is 385. The van der Waals surface area contributed by atoms with Gasteiger partial charge in [-0.05, 0) is 6.92 Å². The lowest BCUT2D eigenvalue weighted by Gasteiger charge is -2.11. The van der Waals surface area contributed by atoms with Gasteiger partial charge in [0, 0.05) is 24.0 Å². The summed E-state index contributed by atoms with van der Waals surface area (Å²) in [5, 5.41) is 0. The van der Waals surface area contributed by atoms with Crippen molar-refractivity contribution < 1.29 is 14.3 Å². The maximum atomic E-state index is 10.5. The summed E-state index contributed by atoms with van der Waals surface area (Å²) in [4.78, 5) is 10.5. The second-order valence-electron chi connectivity index (χ2n) is 3.75. The zero-order valence-corrected chi connectivity index (χ0v) is 8.95. The van der Waals surface area contributed by atoms with Gasteiger partial charge in [-0.15, -0.1) is 0 Å². The lowest BCUT2D eigenvalue weighted by molar-refractivity contribution is -0.107. The van der Waals surface area contributed by atoms with Crippen molar-refractivity contribution in [2.75, 3.05) is 7.11 Å². The molecule has 0 fully saturated rings. The van der Waals surface area contributed by atoms with Gasteiger partial charge in [0.1, 0.15) is 12.4 Å². The smallest absolute Gasteiger partial charge is 0.165 e. The number of carbonyl (C=O) groups excluding carboxylic acids is 1. The Morgan fingerprint density at radius 3 is 3.07 bits per heavy atom. The Labute approximate surface area is 89.0 Å². The number of ether oxygens (including phenoxy) is 2. The third-order valence-corrected chi connectivity index (χ3v) is 2.61. The molecule has 0 spiro atoms. The van der Waals surface area contributed by atoms with E-state index in [1.165, 1.54) is 0 Å². The molecule has 0 radical (unpaired) electrons. The van der Waals surface area contributed by atoms with Crippen LogP contribution in [0.25, 0.3) is 0 Å². The molecule has 1 heterocycles. The predicted molar refractivity (Wildman–Crippen MR) is 56.6 cm³/mol. The first-order valence-electron chi connectivity index (χ1n) is 5.05. The van der Waals surface area contributed by atoms with E-state index in [4.69, 9.17) is 9.47 Å². The molecule has 0 saturated heterocycles. The number of aldehydes is 1. The van der Waals surface area contributed by atoms with Crippen molar-refractivity contribution in [1.82, 2.24) is 0 Å². The minimum Gasteiger partial charge on any atom is -0.493 e. The quantitative estimate of drug-likeness (QED) is 0.707. The molecule has 3 heteroatoms. The molecule has 1 aromatic rings. The molecular formula is C12H14O3. The van der Waals surface area contributed by atoms with Gasteiger partial charge in [-0.1, -0.05) is 12.1 Å². The van der Waals surface area contributed by atoms with E-state index in [2.05, 4.69) is 0 Å². The molecule has 1 aliphatic heterocycles. The highest BCUT2D eigenvalue weighted by atomic mass is 16.5. The van der Waals surface area contributed by atoms with E-state index in [1.54, 1.807) is 7.11 Å². The predicted octanol–water partition coefficient (Wildman–Crippen LogP) is 1.76. The van der Waals surface area contributed by atoms with Crippen LogP contribution in [0.1, 0.15) is 18.1 Å². The average Bonchev–Trinajstić information content (AvgIpc) is 2.58. The summed E-state index contributed by atoms with van der Waals surface area (Å²) in [6, 6.07) is 3.95. The Hall–Kier alpha value is -1.51. The standard InChI is InChI=1S/C12H14O3/c1-8-7-10-4-3-9(5-6-13)11(14-2)12(10)15-8/h3-4,6,8H,5,7H2,1-2H3. The van der Waals surface area contributed by atoms with E-state index in [1.807, 2.05) is 19.1 Å². The van der Waals surface area contributed by atoms with E-state index in [-0.39, 0.29) is 6.10 Å². The lowest BCUT2D eigenvalue weighted by atomic mass is 10.0. The second kappa shape index (κ2) is 3.93. The Kier molecular flexibility index (Phi) is 2.62. The summed E-state index contributed by atoms with van der Waals surface area (Å²) in [6.07, 6.45) is 2.35. The molecule has 0 saturated carbocycles. The Morgan fingerprint density at radius 1 is 1.60 bits per heavy atom. The summed E-state index contributed by atoms with van der Waals surface area (Å²) >= 11 is 0. The van der Waals surface area contributed by atoms with E-state index >= 15 is 0 Å². The monoisotopic (exact) mass is 206 g/mol. The van der Waals surface area contributed by atoms with Gasteiger partial charge < -0.3 is 14.3 Å². The van der Waals surface area contributed by atoms with Gasteiger partial charge in [0.2, 0.25) is 0 Å². The summed E-state index contributed by atoms with van der Waals surface area (Å²) in [7, 11) is 1.61. The molecule has 0 amide bonds. The molecule has 0 bridgehead atoms. The minimum absolute atomic E-state index is 0.195. The van der Waals surface area contributed by atoms with E-state index in [0.29, 0.717) is 12.2 Å². The molecule has 0 aromatic heterocycles. The summed E-state index contributed by atoms with van der Waals surface area (Å²) in [6.45, 7) is 2.03. The second-order valence-corrected chi connectivity index (χ2v) is 3.75. The van der Waals surface area contributed by atoms with Gasteiger partial charge in [-0.3, -0.25) is 0 Å². The molecule has 1 atom stereocenters. The zero-order valence-electron chi connectivity index (χ0n) is 8.95. The van der Waals surface area contributed by atoms with Gasteiger partial charge in [-0.2, -0.15) is 0 Å². The van der Waals surface area contributed by atoms with Crippen molar-refractivity contribution in [2.24, 2.45) is 0 Å². The summed E-state index contributed by atoms with van der Waals surface area (Å²) in [5.41, 5.74) is 2.05. The van der Waals surface area contributed by atoms with E-state index in [9.17, 15) is 4.79 Å². The fourth-order valence-corrected chi connectivity index (χ4v) is 1.96. The highest BCUT2D eigenvalue weighted by molar-refractivity contribution is 5.62. The number of methoxy groups -OCH3 is 1. The number of hydrogen-bond acceptors (Lipinski definition) is 3.